The summed E-state index contributed by atoms with van der Waals surface area (Å²) in [6.07, 6.45) is 2.29. The first-order valence-electron chi connectivity index (χ1n) is 8.62. The summed E-state index contributed by atoms with van der Waals surface area (Å²) in [4.78, 5) is 24.2. The third-order valence-corrected chi connectivity index (χ3v) is 4.74. The monoisotopic (exact) mass is 336 g/mol. The second-order valence-corrected chi connectivity index (χ2v) is 6.49. The van der Waals surface area contributed by atoms with Gasteiger partial charge >= 0.3 is 0 Å². The van der Waals surface area contributed by atoms with Crippen LogP contribution in [-0.2, 0) is 17.8 Å². The highest BCUT2D eigenvalue weighted by molar-refractivity contribution is 5.99. The number of carbonyl (C=O) groups excluding carboxylic acids is 2. The number of benzene rings is 2. The molecular weight excluding hydrogens is 316 g/mol. The molecule has 2 aromatic carbocycles. The van der Waals surface area contributed by atoms with E-state index in [-0.39, 0.29) is 24.3 Å². The number of carbonyl (C=O) groups is 2. The summed E-state index contributed by atoms with van der Waals surface area (Å²) >= 11 is 0. The molecule has 5 nitrogen and oxygen atoms in total. The quantitative estimate of drug-likeness (QED) is 0.901. The third-order valence-electron chi connectivity index (χ3n) is 4.74. The summed E-state index contributed by atoms with van der Waals surface area (Å²) < 4.78 is 5.61. The summed E-state index contributed by atoms with van der Waals surface area (Å²) in [5, 5.41) is 5.82. The number of hydrogen-bond acceptors (Lipinski definition) is 3. The number of rotatable bonds is 4. The van der Waals surface area contributed by atoms with Crippen LogP contribution in [0.3, 0.4) is 0 Å². The Hall–Kier alpha value is -2.82. The third kappa shape index (κ3) is 3.22. The van der Waals surface area contributed by atoms with Gasteiger partial charge in [0, 0.05) is 12.1 Å². The van der Waals surface area contributed by atoms with E-state index in [1.807, 2.05) is 30.3 Å². The zero-order valence-electron chi connectivity index (χ0n) is 13.9. The number of hydrogen-bond donors (Lipinski definition) is 2. The molecule has 0 bridgehead atoms. The molecular formula is C20H20N2O3. The number of ether oxygens (including phenoxy) is 1. The predicted octanol–water partition coefficient (Wildman–Crippen LogP) is 2.50. The van der Waals surface area contributed by atoms with Crippen LogP contribution in [0.1, 0.15) is 45.9 Å². The average Bonchev–Trinajstić information content (AvgIpc) is 2.96. The molecule has 0 fully saturated rings. The van der Waals surface area contributed by atoms with Crippen LogP contribution in [0.2, 0.25) is 0 Å². The average molecular weight is 336 g/mol. The van der Waals surface area contributed by atoms with E-state index in [0.717, 1.165) is 36.3 Å². The summed E-state index contributed by atoms with van der Waals surface area (Å²) in [5.74, 6) is 0.769. The molecule has 0 aromatic heterocycles. The second kappa shape index (κ2) is 6.59. The first-order chi connectivity index (χ1) is 12.2. The maximum Gasteiger partial charge on any atom is 0.252 e. The van der Waals surface area contributed by atoms with Crippen molar-refractivity contribution in [3.8, 4) is 5.75 Å². The van der Waals surface area contributed by atoms with Crippen LogP contribution in [0.15, 0.2) is 42.5 Å². The molecule has 2 N–H and O–H groups in total. The normalized spacial score (nSPS) is 17.9. The van der Waals surface area contributed by atoms with Crippen LogP contribution < -0.4 is 15.4 Å². The van der Waals surface area contributed by atoms with Gasteiger partial charge in [-0.15, -0.1) is 0 Å². The van der Waals surface area contributed by atoms with Crippen LogP contribution >= 0.6 is 0 Å². The maximum absolute atomic E-state index is 12.3. The lowest BCUT2D eigenvalue weighted by Gasteiger charge is -2.18. The predicted molar refractivity (Wildman–Crippen MR) is 93.4 cm³/mol. The number of nitrogens with one attached hydrogen (secondary N) is 2. The molecule has 4 rings (SSSR count). The lowest BCUT2D eigenvalue weighted by atomic mass is 10.0. The second-order valence-electron chi connectivity index (χ2n) is 6.49. The number of aryl methyl sites for hydroxylation is 1. The first-order valence-corrected chi connectivity index (χ1v) is 8.62. The molecule has 2 aromatic rings. The van der Waals surface area contributed by atoms with Crippen molar-refractivity contribution in [3.05, 3.63) is 64.7 Å². The van der Waals surface area contributed by atoms with Crippen molar-refractivity contribution in [1.29, 1.82) is 0 Å². The summed E-state index contributed by atoms with van der Waals surface area (Å²) in [5.41, 5.74) is 3.83. The minimum atomic E-state index is -0.249. The van der Waals surface area contributed by atoms with Crippen LogP contribution in [0.25, 0.3) is 0 Å². The minimum Gasteiger partial charge on any atom is -0.493 e. The first kappa shape index (κ1) is 15.7. The molecule has 2 amide bonds. The smallest absolute Gasteiger partial charge is 0.252 e. The van der Waals surface area contributed by atoms with Gasteiger partial charge in [-0.1, -0.05) is 30.3 Å². The zero-order chi connectivity index (χ0) is 17.2. The lowest BCUT2D eigenvalue weighted by Crippen LogP contribution is -2.28. The van der Waals surface area contributed by atoms with Crippen molar-refractivity contribution < 1.29 is 14.3 Å². The van der Waals surface area contributed by atoms with Gasteiger partial charge in [0.15, 0.2) is 0 Å². The van der Waals surface area contributed by atoms with Gasteiger partial charge < -0.3 is 15.4 Å². The van der Waals surface area contributed by atoms with Crippen molar-refractivity contribution in [2.45, 2.75) is 31.8 Å². The summed E-state index contributed by atoms with van der Waals surface area (Å²) in [6.45, 7) is 1.26. The minimum absolute atomic E-state index is 0.0732. The van der Waals surface area contributed by atoms with E-state index in [1.165, 1.54) is 5.56 Å². The Labute approximate surface area is 146 Å². The highest BCUT2D eigenvalue weighted by atomic mass is 16.5. The Kier molecular flexibility index (Phi) is 4.14. The van der Waals surface area contributed by atoms with Gasteiger partial charge in [0.2, 0.25) is 5.91 Å². The highest BCUT2D eigenvalue weighted by Gasteiger charge is 2.29. The largest absolute Gasteiger partial charge is 0.493 e. The number of fused-ring (bicyclic) bond motifs is 2. The zero-order valence-corrected chi connectivity index (χ0v) is 13.9. The van der Waals surface area contributed by atoms with E-state index in [4.69, 9.17) is 4.74 Å². The van der Waals surface area contributed by atoms with Crippen molar-refractivity contribution in [3.63, 3.8) is 0 Å². The van der Waals surface area contributed by atoms with Gasteiger partial charge in [-0.05, 0) is 41.7 Å². The van der Waals surface area contributed by atoms with Crippen LogP contribution in [0.5, 0.6) is 5.75 Å². The molecule has 0 saturated carbocycles. The molecule has 0 unspecified atom stereocenters. The van der Waals surface area contributed by atoms with Gasteiger partial charge in [0.05, 0.1) is 19.1 Å². The van der Waals surface area contributed by atoms with Crippen molar-refractivity contribution in [2.75, 3.05) is 6.61 Å². The van der Waals surface area contributed by atoms with Crippen LogP contribution in [-0.4, -0.2) is 18.4 Å². The van der Waals surface area contributed by atoms with E-state index < -0.39 is 0 Å². The molecule has 2 aliphatic heterocycles. The molecule has 1 atom stereocenters. The molecule has 0 saturated heterocycles. The Balaban J connectivity index is 1.36. The lowest BCUT2D eigenvalue weighted by molar-refractivity contribution is -0.121. The highest BCUT2D eigenvalue weighted by Crippen LogP contribution is 2.28. The molecule has 25 heavy (non-hydrogen) atoms. The topological polar surface area (TPSA) is 67.4 Å². The molecule has 0 aliphatic carbocycles. The fraction of sp³-hybridized carbons (Fsp3) is 0.300. The summed E-state index contributed by atoms with van der Waals surface area (Å²) in [7, 11) is 0. The number of amides is 2. The van der Waals surface area contributed by atoms with Crippen LogP contribution in [0, 0.1) is 0 Å². The molecule has 0 radical (unpaired) electrons. The van der Waals surface area contributed by atoms with Gasteiger partial charge in [-0.25, -0.2) is 0 Å². The van der Waals surface area contributed by atoms with Crippen molar-refractivity contribution in [1.82, 2.24) is 10.6 Å². The van der Waals surface area contributed by atoms with Gasteiger partial charge in [-0.2, -0.15) is 0 Å². The molecule has 128 valence electrons. The van der Waals surface area contributed by atoms with E-state index in [0.29, 0.717) is 12.1 Å². The SMILES string of the molecule is O=C(C[C@H]1NC(=O)c2ccccc21)NCc1ccc2c(c1)CCCO2. The Morgan fingerprint density at radius 2 is 2.12 bits per heavy atom. The maximum atomic E-state index is 12.3. The van der Waals surface area contributed by atoms with Gasteiger partial charge in [0.25, 0.3) is 5.91 Å². The fourth-order valence-electron chi connectivity index (χ4n) is 3.46. The van der Waals surface area contributed by atoms with E-state index in [1.54, 1.807) is 6.07 Å². The molecule has 0 spiro atoms. The Bertz CT molecular complexity index is 831. The summed E-state index contributed by atoms with van der Waals surface area (Å²) in [6, 6.07) is 13.2. The fourth-order valence-corrected chi connectivity index (χ4v) is 3.46. The van der Waals surface area contributed by atoms with E-state index >= 15 is 0 Å². The Morgan fingerprint density at radius 3 is 3.04 bits per heavy atom. The van der Waals surface area contributed by atoms with Gasteiger partial charge in [0.1, 0.15) is 5.75 Å². The molecule has 2 heterocycles. The van der Waals surface area contributed by atoms with Crippen molar-refractivity contribution in [2.24, 2.45) is 0 Å². The van der Waals surface area contributed by atoms with E-state index in [9.17, 15) is 9.59 Å². The van der Waals surface area contributed by atoms with E-state index in [2.05, 4.69) is 16.7 Å². The van der Waals surface area contributed by atoms with Gasteiger partial charge in [-0.3, -0.25) is 9.59 Å². The molecule has 5 heteroatoms. The molecule has 2 aliphatic rings. The van der Waals surface area contributed by atoms with Crippen molar-refractivity contribution >= 4 is 11.8 Å². The van der Waals surface area contributed by atoms with Crippen LogP contribution in [0.4, 0.5) is 0 Å². The standard InChI is InChI=1S/C20H20N2O3/c23-19(11-17-15-5-1-2-6-16(15)20(24)22-17)21-12-13-7-8-18-14(10-13)4-3-9-25-18/h1-2,5-8,10,17H,3-4,9,11-12H2,(H,21,23)(H,22,24)/t17-/m1/s1. The Morgan fingerprint density at radius 1 is 1.24 bits per heavy atom.